The molecule has 1 heterocycles. The van der Waals surface area contributed by atoms with E-state index in [0.717, 1.165) is 22.4 Å². The highest BCUT2D eigenvalue weighted by atomic mass is 16.1. The molecule has 0 amide bonds. The Hall–Kier alpha value is -2.04. The van der Waals surface area contributed by atoms with Crippen molar-refractivity contribution < 1.29 is 0 Å². The molecule has 5 nitrogen and oxygen atoms in total. The van der Waals surface area contributed by atoms with Crippen LogP contribution in [0.15, 0.2) is 28.1 Å². The van der Waals surface area contributed by atoms with Crippen LogP contribution in [0, 0.1) is 0 Å². The number of rotatable bonds is 4. The smallest absolute Gasteiger partial charge is 0.289 e. The summed E-state index contributed by atoms with van der Waals surface area (Å²) < 4.78 is 3.68. The van der Waals surface area contributed by atoms with Crippen LogP contribution >= 0.6 is 0 Å². The quantitative estimate of drug-likeness (QED) is 0.687. The number of imidazole rings is 1. The average Bonchev–Trinajstić information content (AvgIpc) is 2.67. The molecule has 0 aliphatic carbocycles. The van der Waals surface area contributed by atoms with E-state index in [0.29, 0.717) is 0 Å². The Labute approximate surface area is 125 Å². The number of aromatic nitrogens is 2. The molecule has 114 valence electrons. The Kier molecular flexibility index (Phi) is 4.21. The average molecular weight is 288 g/mol. The summed E-state index contributed by atoms with van der Waals surface area (Å²) in [6.45, 7) is 12.0. The van der Waals surface area contributed by atoms with Crippen LogP contribution in [0.4, 0.5) is 5.69 Å². The number of hydrogen-bond acceptors (Lipinski definition) is 3. The van der Waals surface area contributed by atoms with E-state index >= 15 is 0 Å². The molecule has 0 saturated heterocycles. The van der Waals surface area contributed by atoms with Gasteiger partial charge in [0, 0.05) is 17.8 Å². The van der Waals surface area contributed by atoms with Crippen molar-refractivity contribution in [3.8, 4) is 0 Å². The van der Waals surface area contributed by atoms with Gasteiger partial charge in [0.05, 0.1) is 16.7 Å². The van der Waals surface area contributed by atoms with Crippen molar-refractivity contribution in [3.05, 3.63) is 28.7 Å². The lowest BCUT2D eigenvalue weighted by Crippen LogP contribution is -2.26. The number of benzene rings is 1. The second-order valence-electron chi connectivity index (χ2n) is 6.08. The highest BCUT2D eigenvalue weighted by Gasteiger charge is 2.17. The third-order valence-electron chi connectivity index (χ3n) is 3.35. The predicted molar refractivity (Wildman–Crippen MR) is 89.4 cm³/mol. The molecular weight excluding hydrogens is 264 g/mol. The van der Waals surface area contributed by atoms with Crippen LogP contribution in [-0.2, 0) is 0 Å². The summed E-state index contributed by atoms with van der Waals surface area (Å²) in [5.74, 6) is 0. The molecule has 0 bridgehead atoms. The lowest BCUT2D eigenvalue weighted by Gasteiger charge is -2.08. The summed E-state index contributed by atoms with van der Waals surface area (Å²) >= 11 is 0. The van der Waals surface area contributed by atoms with Crippen molar-refractivity contribution in [2.24, 2.45) is 5.10 Å². The SMILES string of the molecule is CC(C)=NNc1ccc2c(c1)n(C(C)C)c(=O)n2C(C)C. The first-order valence-corrected chi connectivity index (χ1v) is 7.36. The van der Waals surface area contributed by atoms with Gasteiger partial charge in [0.1, 0.15) is 0 Å². The Morgan fingerprint density at radius 2 is 1.62 bits per heavy atom. The van der Waals surface area contributed by atoms with Crippen LogP contribution in [-0.4, -0.2) is 14.8 Å². The zero-order valence-corrected chi connectivity index (χ0v) is 13.6. The minimum Gasteiger partial charge on any atom is -0.289 e. The van der Waals surface area contributed by atoms with E-state index in [-0.39, 0.29) is 17.8 Å². The highest BCUT2D eigenvalue weighted by molar-refractivity contribution is 5.82. The molecule has 0 atom stereocenters. The minimum absolute atomic E-state index is 0.0438. The van der Waals surface area contributed by atoms with Crippen molar-refractivity contribution in [1.82, 2.24) is 9.13 Å². The number of hydrazone groups is 1. The molecule has 0 fully saturated rings. The first-order chi connectivity index (χ1) is 9.82. The van der Waals surface area contributed by atoms with E-state index in [2.05, 4.69) is 10.5 Å². The fraction of sp³-hybridized carbons (Fsp3) is 0.500. The fourth-order valence-electron chi connectivity index (χ4n) is 2.49. The first-order valence-electron chi connectivity index (χ1n) is 7.36. The first kappa shape index (κ1) is 15.4. The van der Waals surface area contributed by atoms with E-state index in [9.17, 15) is 4.79 Å². The van der Waals surface area contributed by atoms with Gasteiger partial charge < -0.3 is 0 Å². The van der Waals surface area contributed by atoms with Gasteiger partial charge in [0.15, 0.2) is 0 Å². The maximum Gasteiger partial charge on any atom is 0.329 e. The van der Waals surface area contributed by atoms with Crippen LogP contribution in [0.2, 0.25) is 0 Å². The summed E-state index contributed by atoms with van der Waals surface area (Å²) in [6.07, 6.45) is 0. The largest absolute Gasteiger partial charge is 0.329 e. The van der Waals surface area contributed by atoms with Crippen LogP contribution in [0.5, 0.6) is 0 Å². The van der Waals surface area contributed by atoms with Crippen LogP contribution < -0.4 is 11.1 Å². The molecule has 0 spiro atoms. The highest BCUT2D eigenvalue weighted by Crippen LogP contribution is 2.23. The molecule has 1 aromatic heterocycles. The topological polar surface area (TPSA) is 51.3 Å². The molecule has 0 aliphatic rings. The number of anilines is 1. The summed E-state index contributed by atoms with van der Waals surface area (Å²) in [7, 11) is 0. The van der Waals surface area contributed by atoms with Gasteiger partial charge in [-0.05, 0) is 59.7 Å². The third kappa shape index (κ3) is 2.86. The van der Waals surface area contributed by atoms with Gasteiger partial charge in [-0.1, -0.05) is 0 Å². The number of fused-ring (bicyclic) bond motifs is 1. The second-order valence-corrected chi connectivity index (χ2v) is 6.08. The molecule has 1 aromatic carbocycles. The molecular formula is C16H24N4O. The molecule has 0 unspecified atom stereocenters. The van der Waals surface area contributed by atoms with Gasteiger partial charge in [-0.15, -0.1) is 0 Å². The Balaban J connectivity index is 2.68. The van der Waals surface area contributed by atoms with Crippen molar-refractivity contribution >= 4 is 22.4 Å². The lowest BCUT2D eigenvalue weighted by atomic mass is 10.2. The molecule has 0 saturated carbocycles. The van der Waals surface area contributed by atoms with Gasteiger partial charge in [-0.25, -0.2) is 4.79 Å². The van der Waals surface area contributed by atoms with E-state index in [4.69, 9.17) is 0 Å². The third-order valence-corrected chi connectivity index (χ3v) is 3.35. The van der Waals surface area contributed by atoms with Crippen molar-refractivity contribution in [2.75, 3.05) is 5.43 Å². The predicted octanol–water partition coefficient (Wildman–Crippen LogP) is 3.77. The monoisotopic (exact) mass is 288 g/mol. The van der Waals surface area contributed by atoms with Gasteiger partial charge in [0.2, 0.25) is 0 Å². The van der Waals surface area contributed by atoms with E-state index in [1.807, 2.05) is 68.9 Å². The zero-order valence-electron chi connectivity index (χ0n) is 13.6. The Bertz CT molecular complexity index is 731. The molecule has 0 radical (unpaired) electrons. The molecule has 1 N–H and O–H groups in total. The molecule has 5 heteroatoms. The van der Waals surface area contributed by atoms with Crippen LogP contribution in [0.3, 0.4) is 0 Å². The molecule has 2 rings (SSSR count). The Morgan fingerprint density at radius 3 is 2.14 bits per heavy atom. The van der Waals surface area contributed by atoms with Crippen molar-refractivity contribution in [1.29, 1.82) is 0 Å². The maximum atomic E-state index is 12.6. The molecule has 0 aliphatic heterocycles. The summed E-state index contributed by atoms with van der Waals surface area (Å²) in [4.78, 5) is 12.6. The van der Waals surface area contributed by atoms with Crippen LogP contribution in [0.1, 0.15) is 53.6 Å². The van der Waals surface area contributed by atoms with Gasteiger partial charge >= 0.3 is 5.69 Å². The number of nitrogens with one attached hydrogen (secondary N) is 1. The van der Waals surface area contributed by atoms with E-state index < -0.39 is 0 Å². The summed E-state index contributed by atoms with van der Waals surface area (Å²) in [6, 6.07) is 6.18. The Morgan fingerprint density at radius 1 is 1.05 bits per heavy atom. The maximum absolute atomic E-state index is 12.6. The van der Waals surface area contributed by atoms with E-state index in [1.165, 1.54) is 0 Å². The summed E-state index contributed by atoms with van der Waals surface area (Å²) in [5, 5.41) is 4.21. The second kappa shape index (κ2) is 5.76. The minimum atomic E-state index is 0.0438. The van der Waals surface area contributed by atoms with Crippen LogP contribution in [0.25, 0.3) is 11.0 Å². The zero-order chi connectivity index (χ0) is 15.7. The normalized spacial score (nSPS) is 11.4. The molecule has 2 aromatic rings. The van der Waals surface area contributed by atoms with Crippen molar-refractivity contribution in [2.45, 2.75) is 53.6 Å². The van der Waals surface area contributed by atoms with Gasteiger partial charge in [-0.2, -0.15) is 5.10 Å². The van der Waals surface area contributed by atoms with Gasteiger partial charge in [-0.3, -0.25) is 14.6 Å². The van der Waals surface area contributed by atoms with E-state index in [1.54, 1.807) is 0 Å². The van der Waals surface area contributed by atoms with Gasteiger partial charge in [0.25, 0.3) is 0 Å². The standard InChI is InChI=1S/C16H24N4O/c1-10(2)17-18-13-7-8-14-15(9-13)20(12(5)6)16(21)19(14)11(3)4/h7-9,11-12,18H,1-6H3. The number of nitrogens with zero attached hydrogens (tertiary/aromatic N) is 3. The lowest BCUT2D eigenvalue weighted by molar-refractivity contribution is 0.533. The van der Waals surface area contributed by atoms with Crippen molar-refractivity contribution in [3.63, 3.8) is 0 Å². The molecule has 21 heavy (non-hydrogen) atoms. The fourth-order valence-corrected chi connectivity index (χ4v) is 2.49. The summed E-state index contributed by atoms with van der Waals surface area (Å²) in [5.41, 5.74) is 6.82. The number of hydrogen-bond donors (Lipinski definition) is 1.